The van der Waals surface area contributed by atoms with Crippen molar-refractivity contribution in [2.45, 2.75) is 63.7 Å². The molecule has 0 aromatic heterocycles. The van der Waals surface area contributed by atoms with Gasteiger partial charge in [-0.1, -0.05) is 50.8 Å². The third-order valence-corrected chi connectivity index (χ3v) is 4.70. The van der Waals surface area contributed by atoms with Crippen molar-refractivity contribution in [2.24, 2.45) is 4.99 Å². The lowest BCUT2D eigenvalue weighted by atomic mass is 9.66. The predicted octanol–water partition coefficient (Wildman–Crippen LogP) is 5.16. The average molecular weight is 241 g/mol. The summed E-state index contributed by atoms with van der Waals surface area (Å²) < 4.78 is 0. The molecule has 1 fully saturated rings. The van der Waals surface area contributed by atoms with Crippen LogP contribution in [0.25, 0.3) is 0 Å². The molecule has 1 aliphatic heterocycles. The summed E-state index contributed by atoms with van der Waals surface area (Å²) in [6, 6.07) is 8.84. The number of unbranched alkanes of at least 4 members (excludes halogenated alkanes) is 1. The van der Waals surface area contributed by atoms with Crippen LogP contribution in [0, 0.1) is 0 Å². The van der Waals surface area contributed by atoms with E-state index in [0.717, 1.165) is 0 Å². The van der Waals surface area contributed by atoms with E-state index in [9.17, 15) is 0 Å². The van der Waals surface area contributed by atoms with E-state index in [4.69, 9.17) is 4.99 Å². The first kappa shape index (κ1) is 12.0. The first-order valence-corrected chi connectivity index (χ1v) is 7.54. The van der Waals surface area contributed by atoms with Crippen LogP contribution in [-0.4, -0.2) is 5.71 Å². The van der Waals surface area contributed by atoms with Gasteiger partial charge in [0.1, 0.15) is 0 Å². The number of para-hydroxylation sites is 1. The number of aliphatic imine (C=N–C) groups is 1. The number of benzene rings is 1. The Balaban J connectivity index is 1.98. The standard InChI is InChI=1S/C17H23N/c1-2-3-11-16-17(12-7-4-8-13-17)14-9-5-6-10-15(14)18-16/h5-6,9-10H,2-4,7-8,11-13H2,1H3. The molecule has 0 amide bonds. The quantitative estimate of drug-likeness (QED) is 0.692. The van der Waals surface area contributed by atoms with E-state index in [1.165, 1.54) is 68.3 Å². The highest BCUT2D eigenvalue weighted by Gasteiger charge is 2.42. The van der Waals surface area contributed by atoms with Crippen LogP contribution in [0.2, 0.25) is 0 Å². The Bertz CT molecular complexity index is 452. The van der Waals surface area contributed by atoms with E-state index >= 15 is 0 Å². The normalized spacial score (nSPS) is 20.8. The van der Waals surface area contributed by atoms with Gasteiger partial charge in [0.15, 0.2) is 0 Å². The molecular formula is C17H23N. The Hall–Kier alpha value is -1.11. The van der Waals surface area contributed by atoms with Crippen molar-refractivity contribution in [3.8, 4) is 0 Å². The fraction of sp³-hybridized carbons (Fsp3) is 0.588. The lowest BCUT2D eigenvalue weighted by Crippen LogP contribution is -2.35. The molecule has 0 bridgehead atoms. The fourth-order valence-corrected chi connectivity index (χ4v) is 3.74. The molecular weight excluding hydrogens is 218 g/mol. The number of fused-ring (bicyclic) bond motifs is 2. The molecule has 0 radical (unpaired) electrons. The molecule has 1 aromatic rings. The number of hydrogen-bond acceptors (Lipinski definition) is 1. The molecule has 0 saturated heterocycles. The van der Waals surface area contributed by atoms with Crippen LogP contribution < -0.4 is 0 Å². The molecule has 1 spiro atoms. The van der Waals surface area contributed by atoms with Gasteiger partial charge < -0.3 is 0 Å². The first-order chi connectivity index (χ1) is 8.87. The lowest BCUT2D eigenvalue weighted by molar-refractivity contribution is 0.381. The van der Waals surface area contributed by atoms with E-state index in [0.29, 0.717) is 5.41 Å². The second kappa shape index (κ2) is 4.87. The second-order valence-electron chi connectivity index (χ2n) is 5.82. The van der Waals surface area contributed by atoms with E-state index in [2.05, 4.69) is 31.2 Å². The van der Waals surface area contributed by atoms with Crippen molar-refractivity contribution in [2.75, 3.05) is 0 Å². The monoisotopic (exact) mass is 241 g/mol. The van der Waals surface area contributed by atoms with Gasteiger partial charge in [-0.25, -0.2) is 0 Å². The Labute approximate surface area is 110 Å². The number of hydrogen-bond donors (Lipinski definition) is 0. The van der Waals surface area contributed by atoms with Gasteiger partial charge in [0, 0.05) is 11.1 Å². The largest absolute Gasteiger partial charge is 0.257 e. The molecule has 0 unspecified atom stereocenters. The summed E-state index contributed by atoms with van der Waals surface area (Å²) >= 11 is 0. The minimum Gasteiger partial charge on any atom is -0.257 e. The summed E-state index contributed by atoms with van der Waals surface area (Å²) in [4.78, 5) is 4.98. The highest BCUT2D eigenvalue weighted by Crippen LogP contribution is 2.49. The Kier molecular flexibility index (Phi) is 3.23. The zero-order valence-corrected chi connectivity index (χ0v) is 11.4. The molecule has 3 rings (SSSR count). The van der Waals surface area contributed by atoms with E-state index in [1.807, 2.05) is 0 Å². The predicted molar refractivity (Wildman–Crippen MR) is 77.8 cm³/mol. The highest BCUT2D eigenvalue weighted by atomic mass is 14.8. The van der Waals surface area contributed by atoms with Crippen LogP contribution in [0.4, 0.5) is 5.69 Å². The van der Waals surface area contributed by atoms with Crippen LogP contribution in [0.5, 0.6) is 0 Å². The van der Waals surface area contributed by atoms with Crippen LogP contribution in [0.1, 0.15) is 63.9 Å². The van der Waals surface area contributed by atoms with E-state index in [1.54, 1.807) is 0 Å². The van der Waals surface area contributed by atoms with Gasteiger partial charge in [0.25, 0.3) is 0 Å². The lowest BCUT2D eigenvalue weighted by Gasteiger charge is -2.36. The summed E-state index contributed by atoms with van der Waals surface area (Å²) in [6.07, 6.45) is 10.6. The van der Waals surface area contributed by atoms with Crippen molar-refractivity contribution in [1.82, 2.24) is 0 Å². The van der Waals surface area contributed by atoms with Gasteiger partial charge >= 0.3 is 0 Å². The first-order valence-electron chi connectivity index (χ1n) is 7.54. The van der Waals surface area contributed by atoms with Crippen molar-refractivity contribution in [3.05, 3.63) is 29.8 Å². The topological polar surface area (TPSA) is 12.4 Å². The van der Waals surface area contributed by atoms with Crippen molar-refractivity contribution in [1.29, 1.82) is 0 Å². The highest BCUT2D eigenvalue weighted by molar-refractivity contribution is 6.01. The number of nitrogens with zero attached hydrogens (tertiary/aromatic N) is 1. The van der Waals surface area contributed by atoms with Gasteiger partial charge in [-0.05, 0) is 37.3 Å². The van der Waals surface area contributed by atoms with Crippen LogP contribution >= 0.6 is 0 Å². The SMILES string of the molecule is CCCCC1=Nc2ccccc2C12CCCCC2. The van der Waals surface area contributed by atoms with Crippen LogP contribution in [0.3, 0.4) is 0 Å². The summed E-state index contributed by atoms with van der Waals surface area (Å²) in [6.45, 7) is 2.27. The third kappa shape index (κ3) is 1.81. The molecule has 96 valence electrons. The van der Waals surface area contributed by atoms with E-state index < -0.39 is 0 Å². The molecule has 0 N–H and O–H groups in total. The average Bonchev–Trinajstić information content (AvgIpc) is 2.72. The summed E-state index contributed by atoms with van der Waals surface area (Å²) in [5.74, 6) is 0. The maximum Gasteiger partial charge on any atom is 0.0670 e. The Morgan fingerprint density at radius 1 is 1.11 bits per heavy atom. The Morgan fingerprint density at radius 2 is 1.89 bits per heavy atom. The summed E-state index contributed by atoms with van der Waals surface area (Å²) in [5, 5.41) is 0. The summed E-state index contributed by atoms with van der Waals surface area (Å²) in [7, 11) is 0. The zero-order chi connectivity index (χ0) is 12.4. The number of rotatable bonds is 3. The zero-order valence-electron chi connectivity index (χ0n) is 11.4. The molecule has 1 heteroatoms. The van der Waals surface area contributed by atoms with Crippen molar-refractivity contribution in [3.63, 3.8) is 0 Å². The van der Waals surface area contributed by atoms with Gasteiger partial charge in [0.2, 0.25) is 0 Å². The second-order valence-corrected chi connectivity index (χ2v) is 5.82. The minimum atomic E-state index is 0.323. The Morgan fingerprint density at radius 3 is 2.67 bits per heavy atom. The molecule has 1 heterocycles. The summed E-state index contributed by atoms with van der Waals surface area (Å²) in [5.41, 5.74) is 4.59. The molecule has 1 aliphatic carbocycles. The van der Waals surface area contributed by atoms with Gasteiger partial charge in [-0.15, -0.1) is 0 Å². The maximum absolute atomic E-state index is 4.98. The third-order valence-electron chi connectivity index (χ3n) is 4.70. The van der Waals surface area contributed by atoms with Gasteiger partial charge in [-0.3, -0.25) is 4.99 Å². The van der Waals surface area contributed by atoms with Crippen LogP contribution in [0.15, 0.2) is 29.3 Å². The van der Waals surface area contributed by atoms with E-state index in [-0.39, 0.29) is 0 Å². The maximum atomic E-state index is 4.98. The smallest absolute Gasteiger partial charge is 0.0670 e. The molecule has 18 heavy (non-hydrogen) atoms. The van der Waals surface area contributed by atoms with Crippen molar-refractivity contribution >= 4 is 11.4 Å². The minimum absolute atomic E-state index is 0.323. The molecule has 1 saturated carbocycles. The van der Waals surface area contributed by atoms with Crippen LogP contribution in [-0.2, 0) is 5.41 Å². The molecule has 2 aliphatic rings. The van der Waals surface area contributed by atoms with Gasteiger partial charge in [-0.2, -0.15) is 0 Å². The van der Waals surface area contributed by atoms with Gasteiger partial charge in [0.05, 0.1) is 5.69 Å². The fourth-order valence-electron chi connectivity index (χ4n) is 3.74. The molecule has 1 aromatic carbocycles. The molecule has 0 atom stereocenters. The van der Waals surface area contributed by atoms with Crippen molar-refractivity contribution < 1.29 is 0 Å². The molecule has 1 nitrogen and oxygen atoms in total.